The van der Waals surface area contributed by atoms with Crippen molar-refractivity contribution in [1.29, 1.82) is 0 Å². The maximum Gasteiger partial charge on any atom is 0.387 e. The van der Waals surface area contributed by atoms with Crippen LogP contribution in [0.2, 0.25) is 5.02 Å². The molecule has 0 saturated carbocycles. The van der Waals surface area contributed by atoms with Crippen molar-refractivity contribution in [3.63, 3.8) is 0 Å². The topological polar surface area (TPSA) is 46.5 Å². The van der Waals surface area contributed by atoms with Crippen molar-refractivity contribution in [3.8, 4) is 5.75 Å². The summed E-state index contributed by atoms with van der Waals surface area (Å²) in [6, 6.07) is 1.34. The summed E-state index contributed by atoms with van der Waals surface area (Å²) in [6.45, 7) is -3.20. The second kappa shape index (κ2) is 4.39. The SMILES string of the molecule is O=C(O)c1cc(F)c(Cl)c(OC(F)F)c1. The lowest BCUT2D eigenvalue weighted by Crippen LogP contribution is -2.05. The molecule has 82 valence electrons. The monoisotopic (exact) mass is 240 g/mol. The van der Waals surface area contributed by atoms with Gasteiger partial charge in [-0.2, -0.15) is 8.78 Å². The summed E-state index contributed by atoms with van der Waals surface area (Å²) in [6.07, 6.45) is 0. The quantitative estimate of drug-likeness (QED) is 0.884. The molecule has 0 spiro atoms. The van der Waals surface area contributed by atoms with Crippen molar-refractivity contribution in [3.05, 3.63) is 28.5 Å². The summed E-state index contributed by atoms with van der Waals surface area (Å²) < 4.78 is 40.4. The molecule has 1 N–H and O–H groups in total. The van der Waals surface area contributed by atoms with E-state index in [0.717, 1.165) is 6.07 Å². The number of ether oxygens (including phenoxy) is 1. The van der Waals surface area contributed by atoms with E-state index in [1.807, 2.05) is 0 Å². The van der Waals surface area contributed by atoms with Crippen LogP contribution in [0.1, 0.15) is 10.4 Å². The fourth-order valence-corrected chi connectivity index (χ4v) is 1.02. The van der Waals surface area contributed by atoms with Crippen LogP contribution in [-0.2, 0) is 0 Å². The third-order valence-electron chi connectivity index (χ3n) is 1.46. The Morgan fingerprint density at radius 1 is 1.47 bits per heavy atom. The smallest absolute Gasteiger partial charge is 0.387 e. The van der Waals surface area contributed by atoms with Crippen molar-refractivity contribution in [2.75, 3.05) is 0 Å². The fourth-order valence-electron chi connectivity index (χ4n) is 0.869. The minimum absolute atomic E-state index is 0.521. The molecule has 0 saturated heterocycles. The molecule has 1 aromatic carbocycles. The Morgan fingerprint density at radius 2 is 2.07 bits per heavy atom. The zero-order chi connectivity index (χ0) is 11.6. The number of hydrogen-bond acceptors (Lipinski definition) is 2. The number of carboxylic acids is 1. The molecule has 0 atom stereocenters. The number of rotatable bonds is 3. The molecule has 1 rings (SSSR count). The van der Waals surface area contributed by atoms with E-state index < -0.39 is 34.7 Å². The molecule has 1 aromatic rings. The van der Waals surface area contributed by atoms with Gasteiger partial charge in [-0.15, -0.1) is 0 Å². The van der Waals surface area contributed by atoms with E-state index in [1.165, 1.54) is 0 Å². The van der Waals surface area contributed by atoms with Crippen molar-refractivity contribution < 1.29 is 27.8 Å². The third-order valence-corrected chi connectivity index (χ3v) is 1.82. The Labute approximate surface area is 87.0 Å². The van der Waals surface area contributed by atoms with Gasteiger partial charge in [-0.3, -0.25) is 0 Å². The Bertz CT molecular complexity index is 395. The molecule has 15 heavy (non-hydrogen) atoms. The molecule has 0 fully saturated rings. The molecule has 0 heterocycles. The Balaban J connectivity index is 3.19. The fraction of sp³-hybridized carbons (Fsp3) is 0.125. The highest BCUT2D eigenvalue weighted by molar-refractivity contribution is 6.32. The normalized spacial score (nSPS) is 10.5. The predicted octanol–water partition coefficient (Wildman–Crippen LogP) is 2.78. The van der Waals surface area contributed by atoms with Gasteiger partial charge in [-0.05, 0) is 12.1 Å². The van der Waals surface area contributed by atoms with Crippen molar-refractivity contribution in [2.24, 2.45) is 0 Å². The zero-order valence-corrected chi connectivity index (χ0v) is 7.76. The van der Waals surface area contributed by atoms with E-state index in [0.29, 0.717) is 6.07 Å². The molecule has 0 unspecified atom stereocenters. The molecule has 0 bridgehead atoms. The largest absolute Gasteiger partial charge is 0.478 e. The summed E-state index contributed by atoms with van der Waals surface area (Å²) in [5.74, 6) is -3.30. The van der Waals surface area contributed by atoms with Gasteiger partial charge in [0.2, 0.25) is 0 Å². The van der Waals surface area contributed by atoms with E-state index in [9.17, 15) is 18.0 Å². The number of hydrogen-bond donors (Lipinski definition) is 1. The van der Waals surface area contributed by atoms with Gasteiger partial charge in [-0.1, -0.05) is 11.6 Å². The zero-order valence-electron chi connectivity index (χ0n) is 7.01. The van der Waals surface area contributed by atoms with Crippen molar-refractivity contribution in [1.82, 2.24) is 0 Å². The van der Waals surface area contributed by atoms with Crippen LogP contribution in [0.5, 0.6) is 5.75 Å². The van der Waals surface area contributed by atoms with Gasteiger partial charge in [0, 0.05) is 0 Å². The van der Waals surface area contributed by atoms with Gasteiger partial charge < -0.3 is 9.84 Å². The maximum absolute atomic E-state index is 12.9. The molecule has 0 aliphatic heterocycles. The van der Waals surface area contributed by atoms with E-state index >= 15 is 0 Å². The summed E-state index contributed by atoms with van der Waals surface area (Å²) in [5.41, 5.74) is -0.521. The standard InChI is InChI=1S/C8H4ClF3O3/c9-6-4(10)1-3(7(13)14)2-5(6)15-8(11)12/h1-2,8H,(H,13,14). The molecule has 0 amide bonds. The number of halogens is 4. The highest BCUT2D eigenvalue weighted by Gasteiger charge is 2.16. The van der Waals surface area contributed by atoms with E-state index in [2.05, 4.69) is 4.74 Å². The molecule has 7 heteroatoms. The summed E-state index contributed by atoms with van der Waals surface area (Å²) in [7, 11) is 0. The first-order chi connectivity index (χ1) is 6.91. The second-order valence-corrected chi connectivity index (χ2v) is 2.83. The first kappa shape index (κ1) is 11.6. The van der Waals surface area contributed by atoms with Crippen LogP contribution < -0.4 is 4.74 Å². The molecule has 0 aliphatic carbocycles. The highest BCUT2D eigenvalue weighted by Crippen LogP contribution is 2.30. The summed E-state index contributed by atoms with van der Waals surface area (Å²) in [5, 5.41) is 7.83. The minimum Gasteiger partial charge on any atom is -0.478 e. The van der Waals surface area contributed by atoms with Crippen LogP contribution in [0.25, 0.3) is 0 Å². The average molecular weight is 241 g/mol. The predicted molar refractivity (Wildman–Crippen MR) is 45.0 cm³/mol. The lowest BCUT2D eigenvalue weighted by Gasteiger charge is -2.07. The number of carbonyl (C=O) groups is 1. The number of benzene rings is 1. The van der Waals surface area contributed by atoms with Crippen LogP contribution in [0.4, 0.5) is 13.2 Å². The lowest BCUT2D eigenvalue weighted by atomic mass is 10.2. The summed E-state index contributed by atoms with van der Waals surface area (Å²) >= 11 is 5.29. The summed E-state index contributed by atoms with van der Waals surface area (Å²) in [4.78, 5) is 10.4. The first-order valence-electron chi connectivity index (χ1n) is 3.59. The van der Waals surface area contributed by atoms with Crippen LogP contribution in [0, 0.1) is 5.82 Å². The maximum atomic E-state index is 12.9. The Kier molecular flexibility index (Phi) is 3.41. The number of carboxylic acid groups (broad SMARTS) is 1. The first-order valence-corrected chi connectivity index (χ1v) is 3.96. The Morgan fingerprint density at radius 3 is 2.53 bits per heavy atom. The molecule has 3 nitrogen and oxygen atoms in total. The van der Waals surface area contributed by atoms with E-state index in [-0.39, 0.29) is 0 Å². The molecule has 0 aromatic heterocycles. The highest BCUT2D eigenvalue weighted by atomic mass is 35.5. The van der Waals surface area contributed by atoms with Gasteiger partial charge in [0.1, 0.15) is 16.6 Å². The average Bonchev–Trinajstić information content (AvgIpc) is 2.11. The van der Waals surface area contributed by atoms with E-state index in [4.69, 9.17) is 16.7 Å². The van der Waals surface area contributed by atoms with Crippen LogP contribution in [-0.4, -0.2) is 17.7 Å². The molecular formula is C8H4ClF3O3. The van der Waals surface area contributed by atoms with Gasteiger partial charge in [0.15, 0.2) is 0 Å². The number of alkyl halides is 2. The molecular weight excluding hydrogens is 237 g/mol. The van der Waals surface area contributed by atoms with Gasteiger partial charge in [-0.25, -0.2) is 9.18 Å². The van der Waals surface area contributed by atoms with E-state index in [1.54, 1.807) is 0 Å². The van der Waals surface area contributed by atoms with Gasteiger partial charge in [0.25, 0.3) is 0 Å². The van der Waals surface area contributed by atoms with Crippen LogP contribution in [0.3, 0.4) is 0 Å². The second-order valence-electron chi connectivity index (χ2n) is 2.45. The molecule has 0 radical (unpaired) electrons. The van der Waals surface area contributed by atoms with Gasteiger partial charge >= 0.3 is 12.6 Å². The van der Waals surface area contributed by atoms with Crippen molar-refractivity contribution >= 4 is 17.6 Å². The van der Waals surface area contributed by atoms with Crippen LogP contribution in [0.15, 0.2) is 12.1 Å². The van der Waals surface area contributed by atoms with Crippen molar-refractivity contribution in [2.45, 2.75) is 6.61 Å². The molecule has 0 aliphatic rings. The van der Waals surface area contributed by atoms with Gasteiger partial charge in [0.05, 0.1) is 5.56 Å². The Hall–Kier alpha value is -1.43. The number of aromatic carboxylic acids is 1. The van der Waals surface area contributed by atoms with Crippen LogP contribution >= 0.6 is 11.6 Å². The lowest BCUT2D eigenvalue weighted by molar-refractivity contribution is -0.0500. The third kappa shape index (κ3) is 2.76. The minimum atomic E-state index is -3.20.